The van der Waals surface area contributed by atoms with E-state index < -0.39 is 6.43 Å². The molecule has 0 saturated carbocycles. The summed E-state index contributed by atoms with van der Waals surface area (Å²) in [5.41, 5.74) is 6.03. The molecule has 0 aliphatic carbocycles. The zero-order chi connectivity index (χ0) is 10.0. The van der Waals surface area contributed by atoms with Crippen molar-refractivity contribution < 1.29 is 8.78 Å². The molecular formula is C7H6BrF2IN2. The number of nitrogens with two attached hydrogens (primary N) is 1. The highest BCUT2D eigenvalue weighted by Gasteiger charge is 2.18. The molecule has 1 heterocycles. The molecule has 72 valence electrons. The second-order valence-corrected chi connectivity index (χ2v) is 3.96. The van der Waals surface area contributed by atoms with Crippen LogP contribution in [0.15, 0.2) is 6.20 Å². The third-order valence-electron chi connectivity index (χ3n) is 1.51. The highest BCUT2D eigenvalue weighted by molar-refractivity contribution is 14.1. The lowest BCUT2D eigenvalue weighted by Crippen LogP contribution is -2.03. The summed E-state index contributed by atoms with van der Waals surface area (Å²) in [5, 5.41) is 0.308. The van der Waals surface area contributed by atoms with Gasteiger partial charge in [0.15, 0.2) is 0 Å². The molecule has 0 bridgehead atoms. The largest absolute Gasteiger partial charge is 0.397 e. The van der Waals surface area contributed by atoms with Gasteiger partial charge in [0.2, 0.25) is 0 Å². The summed E-state index contributed by atoms with van der Waals surface area (Å²) in [6.45, 7) is 0. The second-order valence-electron chi connectivity index (χ2n) is 2.32. The molecular weight excluding hydrogens is 357 g/mol. The first-order valence-electron chi connectivity index (χ1n) is 3.34. The monoisotopic (exact) mass is 362 g/mol. The maximum atomic E-state index is 12.5. The van der Waals surface area contributed by atoms with E-state index in [1.807, 2.05) is 0 Å². The van der Waals surface area contributed by atoms with Crippen LogP contribution in [-0.4, -0.2) is 4.98 Å². The molecule has 1 aromatic heterocycles. The average Bonchev–Trinajstić information content (AvgIpc) is 2.08. The zero-order valence-corrected chi connectivity index (χ0v) is 10.1. The van der Waals surface area contributed by atoms with E-state index in [0.717, 1.165) is 0 Å². The highest BCUT2D eigenvalue weighted by Crippen LogP contribution is 2.31. The van der Waals surface area contributed by atoms with E-state index >= 15 is 0 Å². The Morgan fingerprint density at radius 3 is 2.69 bits per heavy atom. The molecule has 2 nitrogen and oxygen atoms in total. The molecule has 1 rings (SSSR count). The van der Waals surface area contributed by atoms with Crippen molar-refractivity contribution in [1.29, 1.82) is 0 Å². The van der Waals surface area contributed by atoms with Crippen molar-refractivity contribution in [2.45, 2.75) is 11.8 Å². The van der Waals surface area contributed by atoms with E-state index in [-0.39, 0.29) is 5.56 Å². The summed E-state index contributed by atoms with van der Waals surface area (Å²) in [7, 11) is 0. The lowest BCUT2D eigenvalue weighted by Gasteiger charge is -2.09. The summed E-state index contributed by atoms with van der Waals surface area (Å²) in [6, 6.07) is 0. The summed E-state index contributed by atoms with van der Waals surface area (Å²) >= 11 is 4.90. The van der Waals surface area contributed by atoms with Crippen LogP contribution in [0.5, 0.6) is 0 Å². The Bertz CT molecular complexity index is 320. The molecule has 2 N–H and O–H groups in total. The van der Waals surface area contributed by atoms with Gasteiger partial charge in [-0.25, -0.2) is 8.78 Å². The fourth-order valence-corrected chi connectivity index (χ4v) is 2.02. The molecule has 6 heteroatoms. The summed E-state index contributed by atoms with van der Waals surface area (Å²) < 4.78 is 25.5. The minimum atomic E-state index is -2.53. The van der Waals surface area contributed by atoms with E-state index in [9.17, 15) is 8.78 Å². The molecule has 0 radical (unpaired) electrons. The molecule has 0 aliphatic heterocycles. The summed E-state index contributed by atoms with van der Waals surface area (Å²) in [5.74, 6) is 0. The number of alkyl halides is 3. The number of rotatable bonds is 2. The van der Waals surface area contributed by atoms with Gasteiger partial charge in [0.25, 0.3) is 6.43 Å². The number of nitrogen functional groups attached to an aromatic ring is 1. The summed E-state index contributed by atoms with van der Waals surface area (Å²) in [6.07, 6.45) is -1.14. The van der Waals surface area contributed by atoms with Gasteiger partial charge >= 0.3 is 0 Å². The molecule has 0 spiro atoms. The quantitative estimate of drug-likeness (QED) is 0.648. The maximum Gasteiger partial charge on any atom is 0.266 e. The van der Waals surface area contributed by atoms with Gasteiger partial charge in [-0.3, -0.25) is 4.98 Å². The number of pyridine rings is 1. The van der Waals surface area contributed by atoms with Crippen LogP contribution in [0.2, 0.25) is 0 Å². The number of anilines is 1. The van der Waals surface area contributed by atoms with Gasteiger partial charge < -0.3 is 5.73 Å². The van der Waals surface area contributed by atoms with Crippen LogP contribution in [0.4, 0.5) is 14.5 Å². The molecule has 0 fully saturated rings. The Balaban J connectivity index is 3.32. The van der Waals surface area contributed by atoms with Crippen molar-refractivity contribution in [3.63, 3.8) is 0 Å². The van der Waals surface area contributed by atoms with E-state index in [2.05, 4.69) is 20.9 Å². The first kappa shape index (κ1) is 11.1. The first-order valence-corrected chi connectivity index (χ1v) is 5.54. The molecule has 0 atom stereocenters. The summed E-state index contributed by atoms with van der Waals surface area (Å²) in [4.78, 5) is 3.82. The molecule has 1 aromatic rings. The van der Waals surface area contributed by atoms with Crippen molar-refractivity contribution >= 4 is 44.2 Å². The van der Waals surface area contributed by atoms with Gasteiger partial charge in [0.05, 0.1) is 23.1 Å². The maximum absolute atomic E-state index is 12.5. The lowest BCUT2D eigenvalue weighted by atomic mass is 10.2. The van der Waals surface area contributed by atoms with Crippen LogP contribution in [0.25, 0.3) is 0 Å². The van der Waals surface area contributed by atoms with Crippen LogP contribution in [0, 0.1) is 3.57 Å². The van der Waals surface area contributed by atoms with Crippen LogP contribution in [0.3, 0.4) is 0 Å². The van der Waals surface area contributed by atoms with Gasteiger partial charge in [-0.15, -0.1) is 0 Å². The zero-order valence-electron chi connectivity index (χ0n) is 6.40. The van der Waals surface area contributed by atoms with Crippen LogP contribution in [-0.2, 0) is 5.33 Å². The number of halogens is 4. The minimum Gasteiger partial charge on any atom is -0.397 e. The number of hydrogen-bond donors (Lipinski definition) is 1. The van der Waals surface area contributed by atoms with Crippen molar-refractivity contribution in [2.24, 2.45) is 0 Å². The predicted octanol–water partition coefficient (Wildman–Crippen LogP) is 3.10. The standard InChI is InChI=1S/C7H6BrF2IN2/c8-1-4-5(7(9)10)6(11)3(12)2-13-4/h2,7H,1,12H2. The average molecular weight is 363 g/mol. The van der Waals surface area contributed by atoms with E-state index in [1.165, 1.54) is 6.20 Å². The SMILES string of the molecule is Nc1cnc(CBr)c(C(F)F)c1I. The van der Waals surface area contributed by atoms with Gasteiger partial charge in [-0.05, 0) is 22.6 Å². The van der Waals surface area contributed by atoms with E-state index in [1.54, 1.807) is 22.6 Å². The third kappa shape index (κ3) is 2.28. The van der Waals surface area contributed by atoms with Gasteiger partial charge in [0.1, 0.15) is 0 Å². The molecule has 0 saturated heterocycles. The number of aromatic nitrogens is 1. The molecule has 0 amide bonds. The smallest absolute Gasteiger partial charge is 0.266 e. The first-order chi connectivity index (χ1) is 6.07. The van der Waals surface area contributed by atoms with Crippen molar-refractivity contribution in [3.05, 3.63) is 21.0 Å². The fourth-order valence-electron chi connectivity index (χ4n) is 0.884. The van der Waals surface area contributed by atoms with Gasteiger partial charge in [0, 0.05) is 8.90 Å². The van der Waals surface area contributed by atoms with Gasteiger partial charge in [-0.1, -0.05) is 15.9 Å². The second kappa shape index (κ2) is 4.50. The normalized spacial score (nSPS) is 10.8. The Morgan fingerprint density at radius 1 is 1.62 bits per heavy atom. The molecule has 13 heavy (non-hydrogen) atoms. The van der Waals surface area contributed by atoms with Crippen LogP contribution >= 0.6 is 38.5 Å². The van der Waals surface area contributed by atoms with Crippen molar-refractivity contribution in [2.75, 3.05) is 5.73 Å². The predicted molar refractivity (Wildman–Crippen MR) is 59.0 cm³/mol. The highest BCUT2D eigenvalue weighted by atomic mass is 127. The van der Waals surface area contributed by atoms with E-state index in [4.69, 9.17) is 5.73 Å². The van der Waals surface area contributed by atoms with Crippen LogP contribution in [0.1, 0.15) is 17.7 Å². The Morgan fingerprint density at radius 2 is 2.23 bits per heavy atom. The molecule has 0 aliphatic rings. The lowest BCUT2D eigenvalue weighted by molar-refractivity contribution is 0.149. The molecule has 0 unspecified atom stereocenters. The third-order valence-corrected chi connectivity index (χ3v) is 3.24. The van der Waals surface area contributed by atoms with Crippen molar-refractivity contribution in [3.8, 4) is 0 Å². The van der Waals surface area contributed by atoms with E-state index in [0.29, 0.717) is 20.3 Å². The Kier molecular flexibility index (Phi) is 3.84. The number of hydrogen-bond acceptors (Lipinski definition) is 2. The number of nitrogens with zero attached hydrogens (tertiary/aromatic N) is 1. The van der Waals surface area contributed by atoms with Gasteiger partial charge in [-0.2, -0.15) is 0 Å². The van der Waals surface area contributed by atoms with Crippen molar-refractivity contribution in [1.82, 2.24) is 4.98 Å². The Labute approximate surface area is 96.2 Å². The topological polar surface area (TPSA) is 38.9 Å². The molecule has 0 aromatic carbocycles. The fraction of sp³-hybridized carbons (Fsp3) is 0.286. The minimum absolute atomic E-state index is 0.0718. The van der Waals surface area contributed by atoms with Crippen LogP contribution < -0.4 is 5.73 Å². The Hall–Kier alpha value is 0.0200.